The molecule has 2 fully saturated rings. The first-order chi connectivity index (χ1) is 10.4. The highest BCUT2D eigenvalue weighted by atomic mass is 35.5. The summed E-state index contributed by atoms with van der Waals surface area (Å²) in [6, 6.07) is 0. The zero-order valence-electron chi connectivity index (χ0n) is 13.9. The third-order valence-electron chi connectivity index (χ3n) is 4.87. The monoisotopic (exact) mass is 367 g/mol. The van der Waals surface area contributed by atoms with Gasteiger partial charge in [0.15, 0.2) is 0 Å². The molecule has 0 aliphatic carbocycles. The Bertz CT molecular complexity index is 459. The van der Waals surface area contributed by atoms with E-state index in [-0.39, 0.29) is 18.3 Å². The smallest absolute Gasteiger partial charge is 0.220 e. The van der Waals surface area contributed by atoms with Gasteiger partial charge in [0.1, 0.15) is 0 Å². The van der Waals surface area contributed by atoms with E-state index in [2.05, 4.69) is 10.6 Å². The van der Waals surface area contributed by atoms with Crippen LogP contribution in [0.25, 0.3) is 0 Å². The number of amides is 1. The lowest BCUT2D eigenvalue weighted by Gasteiger charge is -2.30. The van der Waals surface area contributed by atoms with Gasteiger partial charge in [0, 0.05) is 26.1 Å². The number of carbonyl (C=O) groups is 1. The Kier molecular flexibility index (Phi) is 8.82. The average Bonchev–Trinajstić information content (AvgIpc) is 2.51. The molecule has 0 aromatic rings. The Labute approximate surface area is 146 Å². The minimum atomic E-state index is -3.06. The summed E-state index contributed by atoms with van der Waals surface area (Å²) in [6.45, 7) is 3.99. The molecule has 0 radical (unpaired) electrons. The molecule has 2 saturated heterocycles. The Morgan fingerprint density at radius 1 is 1.13 bits per heavy atom. The molecule has 2 aliphatic rings. The number of piperidine rings is 2. The van der Waals surface area contributed by atoms with Gasteiger partial charge in [0.25, 0.3) is 0 Å². The summed E-state index contributed by atoms with van der Waals surface area (Å²) in [5, 5.41) is 6.36. The second-order valence-corrected chi connectivity index (χ2v) is 8.62. The van der Waals surface area contributed by atoms with Crippen molar-refractivity contribution >= 4 is 28.3 Å². The summed E-state index contributed by atoms with van der Waals surface area (Å²) >= 11 is 0. The van der Waals surface area contributed by atoms with Crippen LogP contribution in [-0.2, 0) is 14.8 Å². The van der Waals surface area contributed by atoms with Gasteiger partial charge in [-0.3, -0.25) is 4.79 Å². The van der Waals surface area contributed by atoms with Crippen LogP contribution in [-0.4, -0.2) is 57.6 Å². The first-order valence-electron chi connectivity index (χ1n) is 8.37. The maximum atomic E-state index is 11.9. The fourth-order valence-electron chi connectivity index (χ4n) is 3.30. The lowest BCUT2D eigenvalue weighted by molar-refractivity contribution is -0.121. The highest BCUT2D eigenvalue weighted by molar-refractivity contribution is 7.88. The van der Waals surface area contributed by atoms with Crippen LogP contribution in [0, 0.1) is 11.8 Å². The fourth-order valence-corrected chi connectivity index (χ4v) is 4.17. The average molecular weight is 368 g/mol. The molecule has 6 nitrogen and oxygen atoms in total. The second kappa shape index (κ2) is 9.81. The Balaban J connectivity index is 0.00000264. The molecule has 136 valence electrons. The minimum absolute atomic E-state index is 0. The predicted octanol–water partition coefficient (Wildman–Crippen LogP) is 0.976. The molecule has 8 heteroatoms. The topological polar surface area (TPSA) is 78.5 Å². The van der Waals surface area contributed by atoms with E-state index in [0.717, 1.165) is 32.4 Å². The third kappa shape index (κ3) is 7.37. The summed E-state index contributed by atoms with van der Waals surface area (Å²) in [5.74, 6) is 1.23. The largest absolute Gasteiger partial charge is 0.356 e. The molecule has 2 rings (SSSR count). The van der Waals surface area contributed by atoms with Gasteiger partial charge in [-0.15, -0.1) is 12.4 Å². The standard InChI is InChI=1S/C15H29N3O3S.ClH/c1-22(20,21)18-10-6-14(7-11-18)12-17-15(19)3-2-13-4-8-16-9-5-13;/h13-14,16H,2-12H2,1H3,(H,17,19);1H. The summed E-state index contributed by atoms with van der Waals surface area (Å²) in [4.78, 5) is 11.9. The molecule has 0 bridgehead atoms. The van der Waals surface area contributed by atoms with Crippen molar-refractivity contribution in [1.82, 2.24) is 14.9 Å². The van der Waals surface area contributed by atoms with Crippen LogP contribution in [0.3, 0.4) is 0 Å². The molecule has 0 unspecified atom stereocenters. The molecule has 0 spiro atoms. The minimum Gasteiger partial charge on any atom is -0.356 e. The second-order valence-electron chi connectivity index (χ2n) is 6.64. The van der Waals surface area contributed by atoms with Gasteiger partial charge in [0.05, 0.1) is 6.26 Å². The third-order valence-corrected chi connectivity index (χ3v) is 6.17. The van der Waals surface area contributed by atoms with Crippen molar-refractivity contribution in [2.45, 2.75) is 38.5 Å². The van der Waals surface area contributed by atoms with Crippen molar-refractivity contribution in [1.29, 1.82) is 0 Å². The highest BCUT2D eigenvalue weighted by Crippen LogP contribution is 2.19. The summed E-state index contributed by atoms with van der Waals surface area (Å²) < 4.78 is 24.4. The summed E-state index contributed by atoms with van der Waals surface area (Å²) in [6.07, 6.45) is 6.89. The molecule has 1 amide bonds. The zero-order chi connectivity index (χ0) is 16.0. The van der Waals surface area contributed by atoms with Crippen LogP contribution in [0.5, 0.6) is 0 Å². The number of sulfonamides is 1. The number of nitrogens with zero attached hydrogens (tertiary/aromatic N) is 1. The van der Waals surface area contributed by atoms with Gasteiger partial charge in [0.2, 0.25) is 15.9 Å². The maximum absolute atomic E-state index is 11.9. The predicted molar refractivity (Wildman–Crippen MR) is 94.2 cm³/mol. The molecular formula is C15H30ClN3O3S. The normalized spacial score (nSPS) is 21.6. The first kappa shape index (κ1) is 20.7. The van der Waals surface area contributed by atoms with Gasteiger partial charge < -0.3 is 10.6 Å². The summed E-state index contributed by atoms with van der Waals surface area (Å²) in [7, 11) is -3.06. The van der Waals surface area contributed by atoms with Crippen molar-refractivity contribution in [3.63, 3.8) is 0 Å². The van der Waals surface area contributed by atoms with Gasteiger partial charge >= 0.3 is 0 Å². The molecule has 23 heavy (non-hydrogen) atoms. The van der Waals surface area contributed by atoms with Crippen molar-refractivity contribution in [3.8, 4) is 0 Å². The number of carbonyl (C=O) groups excluding carboxylic acids is 1. The molecule has 0 atom stereocenters. The van der Waals surface area contributed by atoms with E-state index in [1.807, 2.05) is 0 Å². The van der Waals surface area contributed by atoms with E-state index in [4.69, 9.17) is 0 Å². The highest BCUT2D eigenvalue weighted by Gasteiger charge is 2.25. The van der Waals surface area contributed by atoms with Gasteiger partial charge in [-0.25, -0.2) is 12.7 Å². The summed E-state index contributed by atoms with van der Waals surface area (Å²) in [5.41, 5.74) is 0. The molecule has 2 heterocycles. The van der Waals surface area contributed by atoms with Crippen molar-refractivity contribution in [2.75, 3.05) is 39.0 Å². The van der Waals surface area contributed by atoms with Crippen LogP contribution in [0.4, 0.5) is 0 Å². The molecule has 0 aromatic carbocycles. The Morgan fingerprint density at radius 2 is 1.74 bits per heavy atom. The van der Waals surface area contributed by atoms with E-state index in [1.54, 1.807) is 0 Å². The van der Waals surface area contributed by atoms with E-state index in [1.165, 1.54) is 23.4 Å². The van der Waals surface area contributed by atoms with Crippen molar-refractivity contribution < 1.29 is 13.2 Å². The lowest BCUT2D eigenvalue weighted by Crippen LogP contribution is -2.41. The van der Waals surface area contributed by atoms with Crippen LogP contribution < -0.4 is 10.6 Å². The molecule has 2 aliphatic heterocycles. The Hall–Kier alpha value is -0.370. The number of halogens is 1. The molecule has 0 aromatic heterocycles. The van der Waals surface area contributed by atoms with Gasteiger partial charge in [-0.1, -0.05) is 0 Å². The SMILES string of the molecule is CS(=O)(=O)N1CCC(CNC(=O)CCC2CCNCC2)CC1.Cl. The van der Waals surface area contributed by atoms with E-state index < -0.39 is 10.0 Å². The maximum Gasteiger partial charge on any atom is 0.220 e. The quantitative estimate of drug-likeness (QED) is 0.733. The van der Waals surface area contributed by atoms with E-state index in [0.29, 0.717) is 37.9 Å². The fraction of sp³-hybridized carbons (Fsp3) is 0.933. The van der Waals surface area contributed by atoms with E-state index in [9.17, 15) is 13.2 Å². The van der Waals surface area contributed by atoms with Crippen LogP contribution in [0.2, 0.25) is 0 Å². The van der Waals surface area contributed by atoms with Crippen molar-refractivity contribution in [3.05, 3.63) is 0 Å². The number of nitrogens with one attached hydrogen (secondary N) is 2. The first-order valence-corrected chi connectivity index (χ1v) is 10.2. The van der Waals surface area contributed by atoms with Gasteiger partial charge in [-0.05, 0) is 57.0 Å². The zero-order valence-corrected chi connectivity index (χ0v) is 15.6. The van der Waals surface area contributed by atoms with Crippen molar-refractivity contribution in [2.24, 2.45) is 11.8 Å². The number of rotatable bonds is 6. The molecular weight excluding hydrogens is 338 g/mol. The van der Waals surface area contributed by atoms with Crippen LogP contribution >= 0.6 is 12.4 Å². The number of hydrogen-bond donors (Lipinski definition) is 2. The van der Waals surface area contributed by atoms with Crippen LogP contribution in [0.1, 0.15) is 38.5 Å². The van der Waals surface area contributed by atoms with Crippen LogP contribution in [0.15, 0.2) is 0 Å². The lowest BCUT2D eigenvalue weighted by atomic mass is 9.93. The molecule has 2 N–H and O–H groups in total. The Morgan fingerprint density at radius 3 is 2.30 bits per heavy atom. The van der Waals surface area contributed by atoms with Gasteiger partial charge in [-0.2, -0.15) is 0 Å². The number of hydrogen-bond acceptors (Lipinski definition) is 4. The molecule has 0 saturated carbocycles. The van der Waals surface area contributed by atoms with E-state index >= 15 is 0 Å².